The molecule has 2 aromatic carbocycles. The molecule has 1 aliphatic heterocycles. The highest BCUT2D eigenvalue weighted by Gasteiger charge is 2.26. The van der Waals surface area contributed by atoms with Crippen LogP contribution in [0.2, 0.25) is 0 Å². The maximum atomic E-state index is 13.4. The zero-order valence-electron chi connectivity index (χ0n) is 16.1. The predicted octanol–water partition coefficient (Wildman–Crippen LogP) is 4.28. The number of benzene rings is 2. The molecule has 3 aromatic rings. The normalized spacial score (nSPS) is 17.7. The highest BCUT2D eigenvalue weighted by molar-refractivity contribution is 6.02. The van der Waals surface area contributed by atoms with E-state index in [9.17, 15) is 14.7 Å². The van der Waals surface area contributed by atoms with Gasteiger partial charge in [-0.05, 0) is 50.9 Å². The van der Waals surface area contributed by atoms with Gasteiger partial charge in [0.15, 0.2) is 11.0 Å². The molecule has 1 saturated heterocycles. The number of rotatable bonds is 3. The molecule has 5 nitrogen and oxygen atoms in total. The summed E-state index contributed by atoms with van der Waals surface area (Å²) in [6.45, 7) is 3.63. The lowest BCUT2D eigenvalue weighted by Crippen LogP contribution is -2.31. The first-order chi connectivity index (χ1) is 13.5. The van der Waals surface area contributed by atoms with E-state index in [1.165, 1.54) is 0 Å². The molecule has 0 saturated carbocycles. The van der Waals surface area contributed by atoms with Crippen LogP contribution in [0.3, 0.4) is 0 Å². The second kappa shape index (κ2) is 7.24. The highest BCUT2D eigenvalue weighted by Crippen LogP contribution is 2.34. The van der Waals surface area contributed by atoms with E-state index in [0.717, 1.165) is 37.1 Å². The van der Waals surface area contributed by atoms with Crippen molar-refractivity contribution in [3.63, 3.8) is 0 Å². The summed E-state index contributed by atoms with van der Waals surface area (Å²) >= 11 is 0. The van der Waals surface area contributed by atoms with Crippen molar-refractivity contribution >= 4 is 16.9 Å². The van der Waals surface area contributed by atoms with Gasteiger partial charge < -0.3 is 14.4 Å². The van der Waals surface area contributed by atoms with Crippen molar-refractivity contribution in [1.82, 2.24) is 4.90 Å². The number of nitrogens with zero attached hydrogens (tertiary/aromatic N) is 1. The molecule has 1 aliphatic rings. The van der Waals surface area contributed by atoms with Crippen LogP contribution in [0, 0.1) is 6.92 Å². The molecule has 0 amide bonds. The summed E-state index contributed by atoms with van der Waals surface area (Å²) in [5, 5.41) is 10.1. The van der Waals surface area contributed by atoms with E-state index in [-0.39, 0.29) is 22.5 Å². The summed E-state index contributed by atoms with van der Waals surface area (Å²) in [6, 6.07) is 12.7. The van der Waals surface area contributed by atoms with Crippen molar-refractivity contribution in [2.24, 2.45) is 0 Å². The van der Waals surface area contributed by atoms with Crippen molar-refractivity contribution in [2.45, 2.75) is 25.7 Å². The molecular formula is C23H23NO4. The average Bonchev–Trinajstić information content (AvgIpc) is 2.70. The minimum atomic E-state index is -1.09. The van der Waals surface area contributed by atoms with E-state index in [1.807, 2.05) is 30.3 Å². The third-order valence-electron chi connectivity index (χ3n) is 5.63. The first-order valence-electron chi connectivity index (χ1n) is 9.55. The van der Waals surface area contributed by atoms with Crippen LogP contribution in [-0.2, 0) is 0 Å². The van der Waals surface area contributed by atoms with E-state index >= 15 is 0 Å². The monoisotopic (exact) mass is 377 g/mol. The number of hydrogen-bond donors (Lipinski definition) is 1. The molecule has 2 heterocycles. The van der Waals surface area contributed by atoms with Crippen LogP contribution in [0.25, 0.3) is 22.3 Å². The fraction of sp³-hybridized carbons (Fsp3) is 0.304. The van der Waals surface area contributed by atoms with Gasteiger partial charge in [0, 0.05) is 17.7 Å². The molecule has 0 bridgehead atoms. The van der Waals surface area contributed by atoms with Crippen LogP contribution in [-0.4, -0.2) is 36.1 Å². The van der Waals surface area contributed by atoms with Gasteiger partial charge >= 0.3 is 5.97 Å². The summed E-state index contributed by atoms with van der Waals surface area (Å²) < 4.78 is 6.12. The molecule has 1 atom stereocenters. The van der Waals surface area contributed by atoms with E-state index in [2.05, 4.69) is 11.9 Å². The van der Waals surface area contributed by atoms with Crippen LogP contribution in [0.1, 0.15) is 40.2 Å². The predicted molar refractivity (Wildman–Crippen MR) is 109 cm³/mol. The molecule has 1 fully saturated rings. The lowest BCUT2D eigenvalue weighted by atomic mass is 9.87. The molecule has 1 N–H and O–H groups in total. The number of aromatic carboxylic acids is 1. The molecule has 0 spiro atoms. The van der Waals surface area contributed by atoms with Gasteiger partial charge in [0.05, 0.1) is 5.39 Å². The largest absolute Gasteiger partial charge is 0.478 e. The molecule has 0 radical (unpaired) electrons. The Balaban J connectivity index is 2.02. The maximum Gasteiger partial charge on any atom is 0.339 e. The minimum absolute atomic E-state index is 0.0252. The molecule has 1 unspecified atom stereocenters. The lowest BCUT2D eigenvalue weighted by molar-refractivity contribution is 0.0698. The summed E-state index contributed by atoms with van der Waals surface area (Å²) in [5.41, 5.74) is 2.21. The van der Waals surface area contributed by atoms with Crippen molar-refractivity contribution in [3.8, 4) is 11.3 Å². The van der Waals surface area contributed by atoms with Crippen molar-refractivity contribution in [1.29, 1.82) is 0 Å². The van der Waals surface area contributed by atoms with Gasteiger partial charge in [-0.25, -0.2) is 4.79 Å². The number of carboxylic acid groups (broad SMARTS) is 1. The van der Waals surface area contributed by atoms with E-state index < -0.39 is 5.97 Å². The van der Waals surface area contributed by atoms with Crippen molar-refractivity contribution in [2.75, 3.05) is 20.1 Å². The molecule has 1 aromatic heterocycles. The van der Waals surface area contributed by atoms with Gasteiger partial charge in [0.1, 0.15) is 11.3 Å². The Labute approximate surface area is 163 Å². The third-order valence-corrected chi connectivity index (χ3v) is 5.63. The number of likely N-dealkylation sites (tertiary alicyclic amines) is 1. The lowest BCUT2D eigenvalue weighted by Gasteiger charge is -2.30. The fourth-order valence-electron chi connectivity index (χ4n) is 4.20. The Morgan fingerprint density at radius 2 is 1.93 bits per heavy atom. The van der Waals surface area contributed by atoms with Crippen molar-refractivity contribution < 1.29 is 14.3 Å². The number of carbonyl (C=O) groups is 1. The summed E-state index contributed by atoms with van der Waals surface area (Å²) in [7, 11) is 2.07. The van der Waals surface area contributed by atoms with Crippen LogP contribution in [0.15, 0.2) is 51.7 Å². The van der Waals surface area contributed by atoms with E-state index in [1.54, 1.807) is 19.1 Å². The molecule has 4 rings (SSSR count). The smallest absolute Gasteiger partial charge is 0.339 e. The van der Waals surface area contributed by atoms with Crippen LogP contribution >= 0.6 is 0 Å². The second-order valence-electron chi connectivity index (χ2n) is 7.56. The van der Waals surface area contributed by atoms with E-state index in [0.29, 0.717) is 16.7 Å². The van der Waals surface area contributed by atoms with E-state index in [4.69, 9.17) is 4.42 Å². The molecule has 28 heavy (non-hydrogen) atoms. The van der Waals surface area contributed by atoms with Gasteiger partial charge in [-0.3, -0.25) is 4.79 Å². The minimum Gasteiger partial charge on any atom is -0.478 e. The average molecular weight is 377 g/mol. The number of carboxylic acids is 1. The standard InChI is InChI=1S/C23H23NO4/c1-14-20(25)19-17(16-9-6-12-24(2)13-16)10-11-18(23(26)27)22(19)28-21(14)15-7-4-3-5-8-15/h3-5,7-8,10-11,16H,6,9,12-13H2,1-2H3,(H,26,27). The number of hydrogen-bond acceptors (Lipinski definition) is 4. The fourth-order valence-corrected chi connectivity index (χ4v) is 4.20. The number of fused-ring (bicyclic) bond motifs is 1. The summed E-state index contributed by atoms with van der Waals surface area (Å²) in [4.78, 5) is 27.5. The Hall–Kier alpha value is -2.92. The highest BCUT2D eigenvalue weighted by atomic mass is 16.4. The van der Waals surface area contributed by atoms with Crippen LogP contribution in [0.4, 0.5) is 0 Å². The summed E-state index contributed by atoms with van der Waals surface area (Å²) in [6.07, 6.45) is 2.03. The quantitative estimate of drug-likeness (QED) is 0.738. The zero-order valence-corrected chi connectivity index (χ0v) is 16.1. The van der Waals surface area contributed by atoms with Gasteiger partial charge in [-0.2, -0.15) is 0 Å². The SMILES string of the molecule is Cc1c(-c2ccccc2)oc2c(C(=O)O)ccc(C3CCCN(C)C3)c2c1=O. The second-order valence-corrected chi connectivity index (χ2v) is 7.56. The topological polar surface area (TPSA) is 70.8 Å². The van der Waals surface area contributed by atoms with Crippen LogP contribution in [0.5, 0.6) is 0 Å². The first-order valence-corrected chi connectivity index (χ1v) is 9.55. The Bertz CT molecular complexity index is 1100. The van der Waals surface area contributed by atoms with Gasteiger partial charge in [-0.15, -0.1) is 0 Å². The molecular weight excluding hydrogens is 354 g/mol. The number of piperidine rings is 1. The molecule has 5 heteroatoms. The molecule has 144 valence electrons. The Morgan fingerprint density at radius 1 is 1.18 bits per heavy atom. The van der Waals surface area contributed by atoms with Crippen molar-refractivity contribution in [3.05, 3.63) is 69.4 Å². The third kappa shape index (κ3) is 3.12. The first kappa shape index (κ1) is 18.4. The summed E-state index contributed by atoms with van der Waals surface area (Å²) in [5.74, 6) is -0.476. The van der Waals surface area contributed by atoms with Gasteiger partial charge in [0.25, 0.3) is 0 Å². The molecule has 0 aliphatic carbocycles. The number of likely N-dealkylation sites (N-methyl/N-ethyl adjacent to an activating group) is 1. The van der Waals surface area contributed by atoms with Gasteiger partial charge in [0.2, 0.25) is 0 Å². The van der Waals surface area contributed by atoms with Crippen LogP contribution < -0.4 is 5.43 Å². The van der Waals surface area contributed by atoms with Gasteiger partial charge in [-0.1, -0.05) is 36.4 Å². The zero-order chi connectivity index (χ0) is 19.8. The maximum absolute atomic E-state index is 13.4. The Morgan fingerprint density at radius 3 is 2.61 bits per heavy atom. The Kier molecular flexibility index (Phi) is 4.77.